The van der Waals surface area contributed by atoms with E-state index in [9.17, 15) is 0 Å². The Morgan fingerprint density at radius 1 is 1.06 bits per heavy atom. The van der Waals surface area contributed by atoms with Gasteiger partial charge >= 0.3 is 6.01 Å². The van der Waals surface area contributed by atoms with Crippen LogP contribution >= 0.6 is 0 Å². The lowest BCUT2D eigenvalue weighted by molar-refractivity contribution is 0.262. The van der Waals surface area contributed by atoms with Crippen LogP contribution in [0.4, 0.5) is 0 Å². The van der Waals surface area contributed by atoms with Gasteiger partial charge in [0.1, 0.15) is 0 Å². The molecule has 1 aromatic rings. The van der Waals surface area contributed by atoms with E-state index in [0.717, 1.165) is 31.2 Å². The minimum absolute atomic E-state index is 0.413. The smallest absolute Gasteiger partial charge is 0.319 e. The molecular formula is C13H22N2O2. The fraction of sp³-hybridized carbons (Fsp3) is 0.692. The van der Waals surface area contributed by atoms with Crippen molar-refractivity contribution in [3.05, 3.63) is 11.8 Å². The van der Waals surface area contributed by atoms with E-state index < -0.39 is 0 Å². The summed E-state index contributed by atoms with van der Waals surface area (Å²) < 4.78 is 11.0. The molecule has 4 nitrogen and oxygen atoms in total. The van der Waals surface area contributed by atoms with Gasteiger partial charge in [-0.25, -0.2) is 4.98 Å². The van der Waals surface area contributed by atoms with Crippen molar-refractivity contribution in [2.24, 2.45) is 0 Å². The number of nitrogens with zero attached hydrogens (tertiary/aromatic N) is 2. The molecule has 1 aromatic heterocycles. The first-order valence-electron chi connectivity index (χ1n) is 6.37. The van der Waals surface area contributed by atoms with E-state index in [1.165, 1.54) is 0 Å². The molecule has 0 bridgehead atoms. The minimum atomic E-state index is 0.413. The molecule has 0 aromatic carbocycles. The van der Waals surface area contributed by atoms with Crippen LogP contribution in [0.2, 0.25) is 0 Å². The Balaban J connectivity index is 2.53. The van der Waals surface area contributed by atoms with Crippen molar-refractivity contribution in [2.75, 3.05) is 13.2 Å². The summed E-state index contributed by atoms with van der Waals surface area (Å²) in [6, 6.07) is 0.413. The summed E-state index contributed by atoms with van der Waals surface area (Å²) in [6.07, 6.45) is 6.02. The van der Waals surface area contributed by atoms with E-state index in [4.69, 9.17) is 9.47 Å². The van der Waals surface area contributed by atoms with Crippen molar-refractivity contribution in [3.8, 4) is 11.9 Å². The molecule has 0 saturated carbocycles. The van der Waals surface area contributed by atoms with Crippen molar-refractivity contribution in [1.29, 1.82) is 0 Å². The highest BCUT2D eigenvalue weighted by molar-refractivity contribution is 5.23. The van der Waals surface area contributed by atoms with E-state index in [0.29, 0.717) is 25.1 Å². The Hall–Kier alpha value is -1.32. The fourth-order valence-electron chi connectivity index (χ4n) is 1.25. The molecule has 0 atom stereocenters. The van der Waals surface area contributed by atoms with Crippen molar-refractivity contribution in [2.45, 2.75) is 46.5 Å². The van der Waals surface area contributed by atoms with Crippen LogP contribution in [0.25, 0.3) is 0 Å². The number of unbranched alkanes of at least 4 members (excludes halogenated alkanes) is 2. The van der Waals surface area contributed by atoms with Crippen LogP contribution in [-0.2, 0) is 0 Å². The summed E-state index contributed by atoms with van der Waals surface area (Å²) in [5, 5.41) is 0. The maximum absolute atomic E-state index is 5.59. The summed E-state index contributed by atoms with van der Waals surface area (Å²) in [5.41, 5.74) is 0.948. The number of hydrogen-bond acceptors (Lipinski definition) is 4. The van der Waals surface area contributed by atoms with E-state index in [-0.39, 0.29) is 0 Å². The first kappa shape index (κ1) is 13.7. The lowest BCUT2D eigenvalue weighted by Crippen LogP contribution is -2.05. The Kier molecular flexibility index (Phi) is 6.37. The third-order valence-electron chi connectivity index (χ3n) is 2.37. The molecular weight excluding hydrogens is 216 g/mol. The minimum Gasteiger partial charge on any atom is -0.477 e. The van der Waals surface area contributed by atoms with Gasteiger partial charge in [-0.3, -0.25) is 0 Å². The lowest BCUT2D eigenvalue weighted by Gasteiger charge is -2.09. The number of ether oxygens (including phenoxy) is 2. The molecule has 0 aliphatic carbocycles. The maximum atomic E-state index is 5.59. The van der Waals surface area contributed by atoms with Crippen molar-refractivity contribution >= 4 is 0 Å². The van der Waals surface area contributed by atoms with Gasteiger partial charge in [-0.05, 0) is 19.8 Å². The zero-order chi connectivity index (χ0) is 12.5. The van der Waals surface area contributed by atoms with Crippen LogP contribution in [0.15, 0.2) is 6.20 Å². The molecule has 1 rings (SSSR count). The molecule has 0 unspecified atom stereocenters. The topological polar surface area (TPSA) is 44.2 Å². The van der Waals surface area contributed by atoms with Gasteiger partial charge in [0, 0.05) is 11.8 Å². The Morgan fingerprint density at radius 3 is 2.35 bits per heavy atom. The SMILES string of the molecule is CCCCOc1ncc(C)c(OCCCC)n1. The zero-order valence-corrected chi connectivity index (χ0v) is 11.0. The predicted octanol–water partition coefficient (Wildman–Crippen LogP) is 3.14. The molecule has 0 aliphatic heterocycles. The highest BCUT2D eigenvalue weighted by Crippen LogP contribution is 2.16. The van der Waals surface area contributed by atoms with Gasteiger partial charge in [0.25, 0.3) is 0 Å². The molecule has 0 fully saturated rings. The van der Waals surface area contributed by atoms with Gasteiger partial charge in [-0.1, -0.05) is 26.7 Å². The molecule has 0 saturated heterocycles. The molecule has 4 heteroatoms. The fourth-order valence-corrected chi connectivity index (χ4v) is 1.25. The van der Waals surface area contributed by atoms with E-state index in [1.54, 1.807) is 6.20 Å². The van der Waals surface area contributed by atoms with Crippen LogP contribution in [0.1, 0.15) is 45.1 Å². The third kappa shape index (κ3) is 5.02. The number of aryl methyl sites for hydroxylation is 1. The van der Waals surface area contributed by atoms with Crippen LogP contribution < -0.4 is 9.47 Å². The quantitative estimate of drug-likeness (QED) is 0.653. The third-order valence-corrected chi connectivity index (χ3v) is 2.37. The van der Waals surface area contributed by atoms with Gasteiger partial charge in [0.05, 0.1) is 13.2 Å². The maximum Gasteiger partial charge on any atom is 0.319 e. The second-order valence-corrected chi connectivity index (χ2v) is 4.04. The molecule has 0 spiro atoms. The first-order chi connectivity index (χ1) is 8.27. The number of hydrogen-bond donors (Lipinski definition) is 0. The highest BCUT2D eigenvalue weighted by Gasteiger charge is 2.05. The number of rotatable bonds is 8. The van der Waals surface area contributed by atoms with Gasteiger partial charge in [-0.2, -0.15) is 4.98 Å². The van der Waals surface area contributed by atoms with Gasteiger partial charge in [0.15, 0.2) is 0 Å². The molecule has 0 amide bonds. The van der Waals surface area contributed by atoms with Crippen molar-refractivity contribution < 1.29 is 9.47 Å². The van der Waals surface area contributed by atoms with Crippen LogP contribution in [0, 0.1) is 6.92 Å². The second kappa shape index (κ2) is 7.87. The Labute approximate surface area is 103 Å². The van der Waals surface area contributed by atoms with Gasteiger partial charge in [-0.15, -0.1) is 0 Å². The monoisotopic (exact) mass is 238 g/mol. The highest BCUT2D eigenvalue weighted by atomic mass is 16.5. The molecule has 0 radical (unpaired) electrons. The van der Waals surface area contributed by atoms with Crippen molar-refractivity contribution in [3.63, 3.8) is 0 Å². The van der Waals surface area contributed by atoms with E-state index in [1.807, 2.05) is 6.92 Å². The first-order valence-corrected chi connectivity index (χ1v) is 6.37. The molecule has 1 heterocycles. The van der Waals surface area contributed by atoms with Crippen LogP contribution in [0.5, 0.6) is 11.9 Å². The molecule has 0 N–H and O–H groups in total. The van der Waals surface area contributed by atoms with Crippen molar-refractivity contribution in [1.82, 2.24) is 9.97 Å². The summed E-state index contributed by atoms with van der Waals surface area (Å²) >= 11 is 0. The lowest BCUT2D eigenvalue weighted by atomic mass is 10.3. The summed E-state index contributed by atoms with van der Waals surface area (Å²) in [6.45, 7) is 7.56. The molecule has 96 valence electrons. The average Bonchev–Trinajstić information content (AvgIpc) is 2.33. The van der Waals surface area contributed by atoms with Crippen LogP contribution in [0.3, 0.4) is 0 Å². The molecule has 0 aliphatic rings. The summed E-state index contributed by atoms with van der Waals surface area (Å²) in [5.74, 6) is 0.639. The van der Waals surface area contributed by atoms with E-state index in [2.05, 4.69) is 23.8 Å². The summed E-state index contributed by atoms with van der Waals surface area (Å²) in [4.78, 5) is 8.39. The Morgan fingerprint density at radius 2 is 1.71 bits per heavy atom. The van der Waals surface area contributed by atoms with Gasteiger partial charge < -0.3 is 9.47 Å². The predicted molar refractivity (Wildman–Crippen MR) is 67.6 cm³/mol. The zero-order valence-electron chi connectivity index (χ0n) is 11.0. The second-order valence-electron chi connectivity index (χ2n) is 4.04. The largest absolute Gasteiger partial charge is 0.477 e. The summed E-state index contributed by atoms with van der Waals surface area (Å²) in [7, 11) is 0. The van der Waals surface area contributed by atoms with E-state index >= 15 is 0 Å². The van der Waals surface area contributed by atoms with Crippen LogP contribution in [-0.4, -0.2) is 23.2 Å². The number of aromatic nitrogens is 2. The molecule has 17 heavy (non-hydrogen) atoms. The van der Waals surface area contributed by atoms with Gasteiger partial charge in [0.2, 0.25) is 5.88 Å². The normalized spacial score (nSPS) is 10.3. The Bertz CT molecular complexity index is 329. The standard InChI is InChI=1S/C13H22N2O2/c1-4-6-8-16-12-11(3)10-14-13(15-12)17-9-7-5-2/h10H,4-9H2,1-3H3. The average molecular weight is 238 g/mol.